The van der Waals surface area contributed by atoms with Crippen LogP contribution in [0.1, 0.15) is 16.8 Å². The van der Waals surface area contributed by atoms with E-state index in [-0.39, 0.29) is 11.4 Å². The molecule has 0 saturated carbocycles. The summed E-state index contributed by atoms with van der Waals surface area (Å²) in [5, 5.41) is 22.8. The predicted octanol–water partition coefficient (Wildman–Crippen LogP) is 4.53. The summed E-state index contributed by atoms with van der Waals surface area (Å²) >= 11 is 0. The van der Waals surface area contributed by atoms with Crippen molar-refractivity contribution >= 4 is 34.4 Å². The molecule has 25 heavy (non-hydrogen) atoms. The Labute approximate surface area is 142 Å². The summed E-state index contributed by atoms with van der Waals surface area (Å²) in [6.45, 7) is 1.68. The molecular weight excluding hydrogens is 322 g/mol. The molecule has 3 aromatic rings. The third-order valence-electron chi connectivity index (χ3n) is 3.79. The van der Waals surface area contributed by atoms with E-state index in [0.717, 1.165) is 0 Å². The third kappa shape index (κ3) is 3.35. The topological polar surface area (TPSA) is 99.2 Å². The highest BCUT2D eigenvalue weighted by molar-refractivity contribution is 5.88. The molecule has 0 radical (unpaired) electrons. The number of benzene rings is 2. The number of hydrogen-bond donors (Lipinski definition) is 0. The summed E-state index contributed by atoms with van der Waals surface area (Å²) in [6.07, 6.45) is 3.36. The first-order valence-corrected chi connectivity index (χ1v) is 7.43. The van der Waals surface area contributed by atoms with E-state index in [1.807, 2.05) is 0 Å². The Kier molecular flexibility index (Phi) is 4.21. The van der Waals surface area contributed by atoms with Gasteiger partial charge in [0, 0.05) is 23.1 Å². The summed E-state index contributed by atoms with van der Waals surface area (Å²) < 4.78 is 0. The molecule has 124 valence electrons. The molecule has 7 heteroatoms. The van der Waals surface area contributed by atoms with E-state index in [4.69, 9.17) is 0 Å². The summed E-state index contributed by atoms with van der Waals surface area (Å²) in [5.41, 5.74) is 2.07. The number of pyridine rings is 1. The maximum Gasteiger partial charge on any atom is 0.295 e. The molecule has 0 bridgehead atoms. The Morgan fingerprint density at radius 3 is 2.40 bits per heavy atom. The van der Waals surface area contributed by atoms with Crippen molar-refractivity contribution in [2.24, 2.45) is 0 Å². The van der Waals surface area contributed by atoms with Gasteiger partial charge in [0.15, 0.2) is 0 Å². The highest BCUT2D eigenvalue weighted by atomic mass is 16.6. The molecule has 2 aromatic carbocycles. The van der Waals surface area contributed by atoms with E-state index >= 15 is 0 Å². The second kappa shape index (κ2) is 6.48. The monoisotopic (exact) mass is 335 g/mol. The van der Waals surface area contributed by atoms with Crippen molar-refractivity contribution in [3.63, 3.8) is 0 Å². The Hall–Kier alpha value is -3.61. The Morgan fingerprint density at radius 2 is 1.68 bits per heavy atom. The van der Waals surface area contributed by atoms with Gasteiger partial charge in [-0.05, 0) is 24.6 Å². The highest BCUT2D eigenvalue weighted by Crippen LogP contribution is 2.25. The zero-order valence-corrected chi connectivity index (χ0v) is 13.2. The van der Waals surface area contributed by atoms with Crippen molar-refractivity contribution in [1.29, 1.82) is 0 Å². The first-order valence-electron chi connectivity index (χ1n) is 7.43. The maximum absolute atomic E-state index is 11.1. The quantitative estimate of drug-likeness (QED) is 0.515. The minimum atomic E-state index is -0.466. The first kappa shape index (κ1) is 16.3. The van der Waals surface area contributed by atoms with Crippen LogP contribution in [0, 0.1) is 27.2 Å². The largest absolute Gasteiger partial charge is 0.295 e. The van der Waals surface area contributed by atoms with E-state index in [1.165, 1.54) is 12.1 Å². The van der Waals surface area contributed by atoms with Gasteiger partial charge in [0.25, 0.3) is 11.4 Å². The van der Waals surface area contributed by atoms with Crippen LogP contribution in [0.3, 0.4) is 0 Å². The molecule has 0 aliphatic rings. The van der Waals surface area contributed by atoms with Gasteiger partial charge in [0.1, 0.15) is 5.52 Å². The lowest BCUT2D eigenvalue weighted by Gasteiger charge is -2.01. The number of para-hydroxylation sites is 1. The number of nitrogens with zero attached hydrogens (tertiary/aromatic N) is 3. The van der Waals surface area contributed by atoms with Gasteiger partial charge in [0.05, 0.1) is 15.5 Å². The van der Waals surface area contributed by atoms with Gasteiger partial charge >= 0.3 is 0 Å². The van der Waals surface area contributed by atoms with E-state index in [2.05, 4.69) is 4.98 Å². The zero-order chi connectivity index (χ0) is 18.0. The number of hydrogen-bond acceptors (Lipinski definition) is 5. The lowest BCUT2D eigenvalue weighted by molar-refractivity contribution is -0.385. The molecular formula is C18H13N3O4. The number of nitro groups is 2. The van der Waals surface area contributed by atoms with E-state index in [1.54, 1.807) is 55.5 Å². The summed E-state index contributed by atoms with van der Waals surface area (Å²) in [5.74, 6) is 0. The maximum atomic E-state index is 11.1. The van der Waals surface area contributed by atoms with Gasteiger partial charge in [-0.15, -0.1) is 0 Å². The Morgan fingerprint density at radius 1 is 0.920 bits per heavy atom. The molecule has 0 saturated heterocycles. The van der Waals surface area contributed by atoms with Gasteiger partial charge < -0.3 is 0 Å². The average Bonchev–Trinajstić information content (AvgIpc) is 2.59. The standard InChI is InChI=1S/C18H13N3O4/c1-12-5-6-13(11-17(12)21(24)25)7-9-15-10-8-14-3-2-4-16(20(22)23)18(14)19-15/h2-11H,1H3/b9-7+. The molecule has 1 aromatic heterocycles. The molecule has 0 aliphatic carbocycles. The average molecular weight is 335 g/mol. The van der Waals surface area contributed by atoms with E-state index in [0.29, 0.717) is 27.7 Å². The molecule has 0 amide bonds. The van der Waals surface area contributed by atoms with Crippen molar-refractivity contribution in [3.8, 4) is 0 Å². The molecule has 0 atom stereocenters. The van der Waals surface area contributed by atoms with Crippen LogP contribution in [-0.2, 0) is 0 Å². The van der Waals surface area contributed by atoms with Crippen LogP contribution in [0.4, 0.5) is 11.4 Å². The van der Waals surface area contributed by atoms with Gasteiger partial charge in [-0.25, -0.2) is 4.98 Å². The van der Waals surface area contributed by atoms with Gasteiger partial charge in [-0.2, -0.15) is 0 Å². The lowest BCUT2D eigenvalue weighted by Crippen LogP contribution is -1.93. The van der Waals surface area contributed by atoms with Gasteiger partial charge in [-0.1, -0.05) is 36.4 Å². The lowest BCUT2D eigenvalue weighted by atomic mass is 10.1. The van der Waals surface area contributed by atoms with Crippen molar-refractivity contribution in [3.05, 3.63) is 85.6 Å². The second-order valence-electron chi connectivity index (χ2n) is 5.48. The first-order chi connectivity index (χ1) is 12.0. The van der Waals surface area contributed by atoms with Crippen LogP contribution in [0.15, 0.2) is 48.5 Å². The van der Waals surface area contributed by atoms with E-state index in [9.17, 15) is 20.2 Å². The van der Waals surface area contributed by atoms with Crippen LogP contribution in [-0.4, -0.2) is 14.8 Å². The van der Waals surface area contributed by atoms with Crippen LogP contribution < -0.4 is 0 Å². The van der Waals surface area contributed by atoms with E-state index < -0.39 is 9.85 Å². The predicted molar refractivity (Wildman–Crippen MR) is 95.2 cm³/mol. The number of aromatic nitrogens is 1. The van der Waals surface area contributed by atoms with Crippen LogP contribution >= 0.6 is 0 Å². The Bertz CT molecular complexity index is 1030. The number of fused-ring (bicyclic) bond motifs is 1. The van der Waals surface area contributed by atoms with Gasteiger partial charge in [-0.3, -0.25) is 20.2 Å². The molecule has 0 aliphatic heterocycles. The minimum Gasteiger partial charge on any atom is -0.258 e. The number of rotatable bonds is 4. The summed E-state index contributed by atoms with van der Waals surface area (Å²) in [6, 6.07) is 13.2. The molecule has 0 spiro atoms. The molecule has 1 heterocycles. The van der Waals surface area contributed by atoms with Crippen molar-refractivity contribution in [2.75, 3.05) is 0 Å². The molecule has 3 rings (SSSR count). The number of aryl methyl sites for hydroxylation is 1. The second-order valence-corrected chi connectivity index (χ2v) is 5.48. The third-order valence-corrected chi connectivity index (χ3v) is 3.79. The number of non-ortho nitro benzene ring substituents is 1. The fraction of sp³-hybridized carbons (Fsp3) is 0.0556. The molecule has 0 N–H and O–H groups in total. The normalized spacial score (nSPS) is 11.1. The fourth-order valence-electron chi connectivity index (χ4n) is 2.50. The number of nitro benzene ring substituents is 2. The molecule has 7 nitrogen and oxygen atoms in total. The molecule has 0 fully saturated rings. The van der Waals surface area contributed by atoms with Crippen LogP contribution in [0.2, 0.25) is 0 Å². The van der Waals surface area contributed by atoms with Crippen LogP contribution in [0.25, 0.3) is 23.1 Å². The van der Waals surface area contributed by atoms with Crippen molar-refractivity contribution < 1.29 is 9.85 Å². The highest BCUT2D eigenvalue weighted by Gasteiger charge is 2.13. The minimum absolute atomic E-state index is 0.0456. The Balaban J connectivity index is 1.99. The summed E-state index contributed by atoms with van der Waals surface area (Å²) in [7, 11) is 0. The van der Waals surface area contributed by atoms with Crippen molar-refractivity contribution in [2.45, 2.75) is 6.92 Å². The fourth-order valence-corrected chi connectivity index (χ4v) is 2.50. The zero-order valence-electron chi connectivity index (χ0n) is 13.2. The SMILES string of the molecule is Cc1ccc(/C=C/c2ccc3cccc([N+](=O)[O-])c3n2)cc1[N+](=O)[O-]. The summed E-state index contributed by atoms with van der Waals surface area (Å²) in [4.78, 5) is 25.6. The molecule has 0 unspecified atom stereocenters. The van der Waals surface area contributed by atoms with Gasteiger partial charge in [0.2, 0.25) is 0 Å². The smallest absolute Gasteiger partial charge is 0.258 e. The van der Waals surface area contributed by atoms with Crippen LogP contribution in [0.5, 0.6) is 0 Å². The van der Waals surface area contributed by atoms with Crippen molar-refractivity contribution in [1.82, 2.24) is 4.98 Å².